The van der Waals surface area contributed by atoms with Gasteiger partial charge in [-0.2, -0.15) is 5.10 Å². The molecule has 2 N–H and O–H groups in total. The summed E-state index contributed by atoms with van der Waals surface area (Å²) in [5, 5.41) is 9.90. The Labute approximate surface area is 111 Å². The van der Waals surface area contributed by atoms with E-state index in [1.807, 2.05) is 0 Å². The van der Waals surface area contributed by atoms with Gasteiger partial charge in [-0.05, 0) is 33.1 Å². The van der Waals surface area contributed by atoms with Crippen LogP contribution in [0.4, 0.5) is 0 Å². The number of hydrogen-bond donors (Lipinski definition) is 2. The van der Waals surface area contributed by atoms with E-state index in [1.165, 1.54) is 0 Å². The molecule has 2 heterocycles. The third kappa shape index (κ3) is 1.74. The summed E-state index contributed by atoms with van der Waals surface area (Å²) in [4.78, 5) is 26.2. The van der Waals surface area contributed by atoms with Crippen molar-refractivity contribution in [3.05, 3.63) is 17.0 Å². The second-order valence-electron chi connectivity index (χ2n) is 5.65. The Kier molecular flexibility index (Phi) is 2.62. The van der Waals surface area contributed by atoms with Gasteiger partial charge in [0.05, 0.1) is 0 Å². The molecule has 19 heavy (non-hydrogen) atoms. The Morgan fingerprint density at radius 2 is 2.16 bits per heavy atom. The van der Waals surface area contributed by atoms with Crippen molar-refractivity contribution in [2.45, 2.75) is 38.6 Å². The summed E-state index contributed by atoms with van der Waals surface area (Å²) in [5.41, 5.74) is 1.78. The predicted molar refractivity (Wildman–Crippen MR) is 68.7 cm³/mol. The molecule has 0 bridgehead atoms. The molecule has 3 rings (SSSR count). The molecule has 1 aliphatic carbocycles. The van der Waals surface area contributed by atoms with E-state index in [0.717, 1.165) is 30.5 Å². The second kappa shape index (κ2) is 4.08. The number of fused-ring (bicyclic) bond motifs is 1. The first-order valence-electron chi connectivity index (χ1n) is 6.68. The monoisotopic (exact) mass is 262 g/mol. The summed E-state index contributed by atoms with van der Waals surface area (Å²) in [6, 6.07) is 0. The molecule has 0 radical (unpaired) electrons. The molecule has 2 aliphatic rings. The number of piperazine rings is 1. The quantitative estimate of drug-likeness (QED) is 0.761. The van der Waals surface area contributed by atoms with Crippen LogP contribution in [-0.2, 0) is 17.6 Å². The normalized spacial score (nSPS) is 21.2. The first-order valence-corrected chi connectivity index (χ1v) is 6.68. The van der Waals surface area contributed by atoms with Crippen LogP contribution in [0, 0.1) is 0 Å². The Morgan fingerprint density at radius 1 is 1.37 bits per heavy atom. The molecule has 1 aliphatic heterocycles. The summed E-state index contributed by atoms with van der Waals surface area (Å²) < 4.78 is 0. The summed E-state index contributed by atoms with van der Waals surface area (Å²) in [6.07, 6.45) is 2.92. The van der Waals surface area contributed by atoms with Gasteiger partial charge in [-0.25, -0.2) is 0 Å². The number of rotatable bonds is 1. The number of aromatic amines is 1. The fourth-order valence-electron chi connectivity index (χ4n) is 2.88. The lowest BCUT2D eigenvalue weighted by atomic mass is 9.98. The first kappa shape index (κ1) is 12.2. The number of aryl methyl sites for hydroxylation is 1. The molecular formula is C13H18N4O2. The van der Waals surface area contributed by atoms with E-state index in [4.69, 9.17) is 0 Å². The molecule has 0 atom stereocenters. The summed E-state index contributed by atoms with van der Waals surface area (Å²) in [5.74, 6) is -0.251. The highest BCUT2D eigenvalue weighted by atomic mass is 16.2. The molecule has 0 aromatic carbocycles. The average molecular weight is 262 g/mol. The van der Waals surface area contributed by atoms with Gasteiger partial charge in [0.2, 0.25) is 5.91 Å². The van der Waals surface area contributed by atoms with Gasteiger partial charge in [0.15, 0.2) is 5.69 Å². The molecule has 1 saturated heterocycles. The molecule has 1 aromatic rings. The summed E-state index contributed by atoms with van der Waals surface area (Å²) in [6.45, 7) is 4.57. The molecule has 102 valence electrons. The Hall–Kier alpha value is -1.85. The largest absolute Gasteiger partial charge is 0.352 e. The van der Waals surface area contributed by atoms with Crippen LogP contribution in [-0.4, -0.2) is 45.5 Å². The number of amides is 2. The van der Waals surface area contributed by atoms with Crippen molar-refractivity contribution in [3.63, 3.8) is 0 Å². The minimum Gasteiger partial charge on any atom is -0.352 e. The van der Waals surface area contributed by atoms with Crippen molar-refractivity contribution in [2.75, 3.05) is 13.1 Å². The van der Waals surface area contributed by atoms with E-state index < -0.39 is 5.54 Å². The van der Waals surface area contributed by atoms with Crippen molar-refractivity contribution in [2.24, 2.45) is 0 Å². The van der Waals surface area contributed by atoms with Crippen LogP contribution < -0.4 is 5.32 Å². The molecule has 1 aromatic heterocycles. The molecule has 0 saturated carbocycles. The maximum absolute atomic E-state index is 12.6. The minimum atomic E-state index is -0.820. The highest BCUT2D eigenvalue weighted by Crippen LogP contribution is 2.26. The molecule has 6 nitrogen and oxygen atoms in total. The van der Waals surface area contributed by atoms with E-state index in [2.05, 4.69) is 15.5 Å². The smallest absolute Gasteiger partial charge is 0.275 e. The molecule has 0 unspecified atom stereocenters. The predicted octanol–water partition coefficient (Wildman–Crippen LogP) is 0.249. The van der Waals surface area contributed by atoms with E-state index >= 15 is 0 Å². The second-order valence-corrected chi connectivity index (χ2v) is 5.65. The van der Waals surface area contributed by atoms with E-state index in [0.29, 0.717) is 18.8 Å². The zero-order chi connectivity index (χ0) is 13.6. The van der Waals surface area contributed by atoms with Crippen molar-refractivity contribution in [3.8, 4) is 0 Å². The molecule has 0 spiro atoms. The number of nitrogens with one attached hydrogen (secondary N) is 2. The van der Waals surface area contributed by atoms with Crippen molar-refractivity contribution < 1.29 is 9.59 Å². The topological polar surface area (TPSA) is 78.1 Å². The van der Waals surface area contributed by atoms with Crippen molar-refractivity contribution in [1.29, 1.82) is 0 Å². The highest BCUT2D eigenvalue weighted by Gasteiger charge is 2.42. The number of carbonyl (C=O) groups excluding carboxylic acids is 2. The van der Waals surface area contributed by atoms with Gasteiger partial charge in [-0.15, -0.1) is 0 Å². The van der Waals surface area contributed by atoms with E-state index in [-0.39, 0.29) is 11.8 Å². The van der Waals surface area contributed by atoms with Crippen LogP contribution in [0.5, 0.6) is 0 Å². The number of nitrogens with zero attached hydrogens (tertiary/aromatic N) is 2. The minimum absolute atomic E-state index is 0.112. The fourth-order valence-corrected chi connectivity index (χ4v) is 2.88. The van der Waals surface area contributed by atoms with E-state index in [9.17, 15) is 9.59 Å². The van der Waals surface area contributed by atoms with Crippen LogP contribution in [0.25, 0.3) is 0 Å². The summed E-state index contributed by atoms with van der Waals surface area (Å²) in [7, 11) is 0. The van der Waals surface area contributed by atoms with Crippen LogP contribution >= 0.6 is 0 Å². The van der Waals surface area contributed by atoms with Crippen LogP contribution in [0.15, 0.2) is 0 Å². The number of aromatic nitrogens is 2. The first-order chi connectivity index (χ1) is 9.01. The number of carbonyl (C=O) groups is 2. The zero-order valence-corrected chi connectivity index (χ0v) is 11.2. The van der Waals surface area contributed by atoms with Crippen molar-refractivity contribution in [1.82, 2.24) is 20.4 Å². The molecule has 1 fully saturated rings. The maximum atomic E-state index is 12.6. The Bertz CT molecular complexity index is 547. The van der Waals surface area contributed by atoms with Crippen LogP contribution in [0.3, 0.4) is 0 Å². The van der Waals surface area contributed by atoms with Crippen molar-refractivity contribution >= 4 is 11.8 Å². The molecule has 2 amide bonds. The van der Waals surface area contributed by atoms with E-state index in [1.54, 1.807) is 18.7 Å². The molecule has 6 heteroatoms. The number of H-pyrrole nitrogens is 1. The molecular weight excluding hydrogens is 244 g/mol. The zero-order valence-electron chi connectivity index (χ0n) is 11.2. The Morgan fingerprint density at radius 3 is 2.95 bits per heavy atom. The van der Waals surface area contributed by atoms with Gasteiger partial charge >= 0.3 is 0 Å². The van der Waals surface area contributed by atoms with Crippen LogP contribution in [0.1, 0.15) is 42.0 Å². The fraction of sp³-hybridized carbons (Fsp3) is 0.615. The number of hydrogen-bond acceptors (Lipinski definition) is 3. The van der Waals surface area contributed by atoms with Gasteiger partial charge in [-0.3, -0.25) is 14.7 Å². The van der Waals surface area contributed by atoms with Gasteiger partial charge in [-0.1, -0.05) is 0 Å². The lowest BCUT2D eigenvalue weighted by Gasteiger charge is -2.40. The van der Waals surface area contributed by atoms with Crippen LogP contribution in [0.2, 0.25) is 0 Å². The third-order valence-electron chi connectivity index (χ3n) is 4.11. The van der Waals surface area contributed by atoms with Gasteiger partial charge in [0, 0.05) is 24.3 Å². The standard InChI is InChI=1S/C13H18N4O2/c1-13(2)12(19)14-6-7-17(13)11(18)10-8-4-3-5-9(8)15-16-10/h3-7H2,1-2H3,(H,14,19)(H,15,16). The third-order valence-corrected chi connectivity index (χ3v) is 4.11. The summed E-state index contributed by atoms with van der Waals surface area (Å²) >= 11 is 0. The highest BCUT2D eigenvalue weighted by molar-refractivity contribution is 5.99. The van der Waals surface area contributed by atoms with Gasteiger partial charge < -0.3 is 10.2 Å². The lowest BCUT2D eigenvalue weighted by Crippen LogP contribution is -2.63. The lowest BCUT2D eigenvalue weighted by molar-refractivity contribution is -0.133. The van der Waals surface area contributed by atoms with Gasteiger partial charge in [0.25, 0.3) is 5.91 Å². The maximum Gasteiger partial charge on any atom is 0.275 e. The average Bonchev–Trinajstić information content (AvgIpc) is 2.93. The SMILES string of the molecule is CC1(C)C(=O)NCCN1C(=O)c1n[nH]c2c1CCC2. The van der Waals surface area contributed by atoms with Gasteiger partial charge in [0.1, 0.15) is 5.54 Å². The Balaban J connectivity index is 1.93.